The van der Waals surface area contributed by atoms with Crippen LogP contribution in [0.4, 0.5) is 0 Å². The molecule has 0 spiro atoms. The Balaban J connectivity index is 2.18. The zero-order valence-electron chi connectivity index (χ0n) is 10.1. The number of rotatable bonds is 2. The molecule has 0 bridgehead atoms. The largest absolute Gasteiger partial charge is 0.460 e. The second-order valence-electron chi connectivity index (χ2n) is 3.90. The van der Waals surface area contributed by atoms with Crippen LogP contribution >= 0.6 is 0 Å². The van der Waals surface area contributed by atoms with Crippen LogP contribution in [0.25, 0.3) is 11.0 Å². The monoisotopic (exact) mass is 262 g/mol. The second-order valence-corrected chi connectivity index (χ2v) is 3.90. The van der Waals surface area contributed by atoms with Crippen molar-refractivity contribution in [2.75, 3.05) is 13.4 Å². The number of ether oxygens (including phenoxy) is 3. The van der Waals surface area contributed by atoms with Gasteiger partial charge in [-0.05, 0) is 13.0 Å². The van der Waals surface area contributed by atoms with Crippen LogP contribution in [0.3, 0.4) is 0 Å². The SMILES string of the molecule is CCOC(=O)c1cc(=O)c2cc3c(cc2o1)OCO3. The van der Waals surface area contributed by atoms with Crippen LogP contribution in [-0.2, 0) is 4.74 Å². The van der Waals surface area contributed by atoms with Crippen LogP contribution in [0.1, 0.15) is 17.5 Å². The van der Waals surface area contributed by atoms with Gasteiger partial charge in [-0.3, -0.25) is 4.79 Å². The molecule has 0 radical (unpaired) electrons. The maximum Gasteiger partial charge on any atom is 0.374 e. The van der Waals surface area contributed by atoms with E-state index in [-0.39, 0.29) is 30.2 Å². The maximum atomic E-state index is 11.9. The van der Waals surface area contributed by atoms with Gasteiger partial charge in [0.05, 0.1) is 12.0 Å². The fraction of sp³-hybridized carbons (Fsp3) is 0.231. The molecule has 1 aliphatic rings. The molecule has 0 saturated heterocycles. The number of carbonyl (C=O) groups is 1. The van der Waals surface area contributed by atoms with Crippen LogP contribution in [-0.4, -0.2) is 19.4 Å². The summed E-state index contributed by atoms with van der Waals surface area (Å²) in [4.78, 5) is 23.5. The summed E-state index contributed by atoms with van der Waals surface area (Å²) in [6, 6.07) is 4.18. The lowest BCUT2D eigenvalue weighted by Gasteiger charge is -2.03. The average Bonchev–Trinajstić information content (AvgIpc) is 2.84. The van der Waals surface area contributed by atoms with E-state index in [4.69, 9.17) is 18.6 Å². The Morgan fingerprint density at radius 2 is 2.00 bits per heavy atom. The van der Waals surface area contributed by atoms with Gasteiger partial charge in [0.15, 0.2) is 16.9 Å². The summed E-state index contributed by atoms with van der Waals surface area (Å²) in [6.07, 6.45) is 0. The lowest BCUT2D eigenvalue weighted by atomic mass is 10.2. The van der Waals surface area contributed by atoms with Gasteiger partial charge in [0.1, 0.15) is 5.58 Å². The average molecular weight is 262 g/mol. The summed E-state index contributed by atoms with van der Waals surface area (Å²) in [5.74, 6) is 0.178. The topological polar surface area (TPSA) is 75.0 Å². The lowest BCUT2D eigenvalue weighted by molar-refractivity contribution is 0.0490. The normalized spacial score (nSPS) is 12.7. The van der Waals surface area contributed by atoms with Crippen molar-refractivity contribution in [3.05, 3.63) is 34.2 Å². The van der Waals surface area contributed by atoms with Crippen LogP contribution in [0, 0.1) is 0 Å². The van der Waals surface area contributed by atoms with Gasteiger partial charge in [-0.15, -0.1) is 0 Å². The van der Waals surface area contributed by atoms with E-state index in [0.717, 1.165) is 6.07 Å². The second kappa shape index (κ2) is 4.31. The molecule has 19 heavy (non-hydrogen) atoms. The Labute approximate surface area is 107 Å². The van der Waals surface area contributed by atoms with E-state index in [0.29, 0.717) is 16.9 Å². The highest BCUT2D eigenvalue weighted by atomic mass is 16.7. The minimum atomic E-state index is -0.667. The molecule has 6 nitrogen and oxygen atoms in total. The van der Waals surface area contributed by atoms with E-state index in [1.54, 1.807) is 13.0 Å². The molecule has 6 heteroatoms. The van der Waals surface area contributed by atoms with Crippen LogP contribution < -0.4 is 14.9 Å². The van der Waals surface area contributed by atoms with Gasteiger partial charge in [0.2, 0.25) is 12.6 Å². The summed E-state index contributed by atoms with van der Waals surface area (Å²) < 4.78 is 20.5. The minimum absolute atomic E-state index is 0.102. The predicted octanol–water partition coefficient (Wildman–Crippen LogP) is 1.70. The summed E-state index contributed by atoms with van der Waals surface area (Å²) in [5, 5.41) is 0.331. The summed E-state index contributed by atoms with van der Waals surface area (Å²) in [6.45, 7) is 1.99. The van der Waals surface area contributed by atoms with Crippen molar-refractivity contribution < 1.29 is 23.4 Å². The molecule has 0 aliphatic carbocycles. The van der Waals surface area contributed by atoms with Crippen molar-refractivity contribution in [2.45, 2.75) is 6.92 Å². The van der Waals surface area contributed by atoms with Gasteiger partial charge in [0.25, 0.3) is 0 Å². The first-order valence-corrected chi connectivity index (χ1v) is 5.73. The number of fused-ring (bicyclic) bond motifs is 2. The zero-order valence-corrected chi connectivity index (χ0v) is 10.1. The van der Waals surface area contributed by atoms with E-state index in [9.17, 15) is 9.59 Å². The van der Waals surface area contributed by atoms with Crippen molar-refractivity contribution in [1.82, 2.24) is 0 Å². The third kappa shape index (κ3) is 1.91. The van der Waals surface area contributed by atoms with Crippen molar-refractivity contribution >= 4 is 16.9 Å². The smallest absolute Gasteiger partial charge is 0.374 e. The Bertz CT molecular complexity index is 715. The molecule has 1 aromatic carbocycles. The van der Waals surface area contributed by atoms with E-state index in [2.05, 4.69) is 0 Å². The van der Waals surface area contributed by atoms with Gasteiger partial charge in [-0.2, -0.15) is 0 Å². The van der Waals surface area contributed by atoms with Crippen molar-refractivity contribution in [2.24, 2.45) is 0 Å². The molecule has 1 aliphatic heterocycles. The van der Waals surface area contributed by atoms with E-state index in [1.165, 1.54) is 6.07 Å². The summed E-state index contributed by atoms with van der Waals surface area (Å²) in [5.41, 5.74) is -0.0672. The number of carbonyl (C=O) groups excluding carboxylic acids is 1. The zero-order chi connectivity index (χ0) is 13.4. The minimum Gasteiger partial charge on any atom is -0.460 e. The van der Waals surface area contributed by atoms with Gasteiger partial charge in [0, 0.05) is 12.1 Å². The third-order valence-corrected chi connectivity index (χ3v) is 2.70. The first kappa shape index (κ1) is 11.6. The highest BCUT2D eigenvalue weighted by Gasteiger charge is 2.19. The molecular formula is C13H10O6. The van der Waals surface area contributed by atoms with Gasteiger partial charge in [-0.1, -0.05) is 0 Å². The first-order chi connectivity index (χ1) is 9.19. The highest BCUT2D eigenvalue weighted by molar-refractivity contribution is 5.89. The summed E-state index contributed by atoms with van der Waals surface area (Å²) >= 11 is 0. The highest BCUT2D eigenvalue weighted by Crippen LogP contribution is 2.35. The Kier molecular flexibility index (Phi) is 2.63. The fourth-order valence-corrected chi connectivity index (χ4v) is 1.85. The standard InChI is InChI=1S/C13H10O6/c1-2-16-13(15)12-4-8(14)7-3-10-11(18-6-17-10)5-9(7)19-12/h3-5H,2,6H2,1H3. The molecule has 1 aromatic heterocycles. The first-order valence-electron chi connectivity index (χ1n) is 5.73. The maximum absolute atomic E-state index is 11.9. The lowest BCUT2D eigenvalue weighted by Crippen LogP contribution is -2.09. The third-order valence-electron chi connectivity index (χ3n) is 2.70. The number of hydrogen-bond acceptors (Lipinski definition) is 6. The van der Waals surface area contributed by atoms with Crippen LogP contribution in [0.2, 0.25) is 0 Å². The van der Waals surface area contributed by atoms with Gasteiger partial charge < -0.3 is 18.6 Å². The molecule has 0 fully saturated rings. The molecule has 0 saturated carbocycles. The van der Waals surface area contributed by atoms with Crippen LogP contribution in [0.15, 0.2) is 27.4 Å². The van der Waals surface area contributed by atoms with E-state index >= 15 is 0 Å². The molecule has 2 aromatic rings. The fourth-order valence-electron chi connectivity index (χ4n) is 1.85. The molecule has 3 rings (SSSR count). The Morgan fingerprint density at radius 3 is 2.74 bits per heavy atom. The van der Waals surface area contributed by atoms with Gasteiger partial charge >= 0.3 is 5.97 Å². The Hall–Kier alpha value is -2.50. The van der Waals surface area contributed by atoms with Crippen molar-refractivity contribution in [1.29, 1.82) is 0 Å². The number of hydrogen-bond donors (Lipinski definition) is 0. The van der Waals surface area contributed by atoms with Gasteiger partial charge in [-0.25, -0.2) is 4.79 Å². The molecule has 98 valence electrons. The van der Waals surface area contributed by atoms with E-state index < -0.39 is 5.97 Å². The Morgan fingerprint density at radius 1 is 1.26 bits per heavy atom. The molecule has 0 unspecified atom stereocenters. The van der Waals surface area contributed by atoms with E-state index in [1.807, 2.05) is 0 Å². The van der Waals surface area contributed by atoms with Crippen molar-refractivity contribution in [3.63, 3.8) is 0 Å². The quantitative estimate of drug-likeness (QED) is 0.767. The molecular weight excluding hydrogens is 252 g/mol. The molecule has 2 heterocycles. The molecule has 0 amide bonds. The molecule has 0 N–H and O–H groups in total. The predicted molar refractivity (Wildman–Crippen MR) is 64.6 cm³/mol. The molecule has 0 atom stereocenters. The number of esters is 1. The van der Waals surface area contributed by atoms with Crippen molar-refractivity contribution in [3.8, 4) is 11.5 Å². The van der Waals surface area contributed by atoms with Crippen LogP contribution in [0.5, 0.6) is 11.5 Å². The summed E-state index contributed by atoms with van der Waals surface area (Å²) in [7, 11) is 0. The number of benzene rings is 1.